The lowest BCUT2D eigenvalue weighted by molar-refractivity contribution is 0.463. The van der Waals surface area contributed by atoms with Gasteiger partial charge in [0.15, 0.2) is 0 Å². The second-order valence-corrected chi connectivity index (χ2v) is 4.10. The van der Waals surface area contributed by atoms with Crippen LogP contribution in [0.15, 0.2) is 0 Å². The summed E-state index contributed by atoms with van der Waals surface area (Å²) in [6.07, 6.45) is 0. The summed E-state index contributed by atoms with van der Waals surface area (Å²) in [6, 6.07) is 0. The summed E-state index contributed by atoms with van der Waals surface area (Å²) in [5, 5.41) is -0.448. The van der Waals surface area contributed by atoms with Gasteiger partial charge in [-0.25, -0.2) is 8.42 Å². The van der Waals surface area contributed by atoms with Gasteiger partial charge in [-0.05, 0) is 0 Å². The molecule has 3 nitrogen and oxygen atoms in total. The molecular formula is C3H7O3S3-. The number of hydrogen-bond donors (Lipinski definition) is 2. The molecule has 0 aromatic heterocycles. The van der Waals surface area contributed by atoms with Crippen LogP contribution in [0.1, 0.15) is 0 Å². The Morgan fingerprint density at radius 1 is 1.56 bits per heavy atom. The first-order valence-corrected chi connectivity index (χ1v) is 4.91. The van der Waals surface area contributed by atoms with Crippen LogP contribution in [-0.4, -0.2) is 29.7 Å². The SMILES string of the molecule is O=S(=O)([O-])C[C@H](S)CS. The van der Waals surface area contributed by atoms with Gasteiger partial charge in [-0.2, -0.15) is 25.3 Å². The highest BCUT2D eigenvalue weighted by Crippen LogP contribution is 2.00. The zero-order valence-electron chi connectivity index (χ0n) is 4.52. The van der Waals surface area contributed by atoms with E-state index in [0.717, 1.165) is 0 Å². The van der Waals surface area contributed by atoms with Crippen LogP contribution in [0, 0.1) is 0 Å². The Kier molecular flexibility index (Phi) is 3.95. The first-order chi connectivity index (χ1) is 3.95. The maximum absolute atomic E-state index is 9.96. The smallest absolute Gasteiger partial charge is 0.0957 e. The molecule has 0 saturated heterocycles. The van der Waals surface area contributed by atoms with Gasteiger partial charge in [-0.15, -0.1) is 0 Å². The van der Waals surface area contributed by atoms with E-state index in [4.69, 9.17) is 0 Å². The molecule has 0 fully saturated rings. The fraction of sp³-hybridized carbons (Fsp3) is 1.00. The fourth-order valence-electron chi connectivity index (χ4n) is 0.288. The Bertz CT molecular complexity index is 161. The Balaban J connectivity index is 3.75. The zero-order chi connectivity index (χ0) is 7.49. The minimum absolute atomic E-state index is 0.296. The average molecular weight is 187 g/mol. The molecule has 0 spiro atoms. The Labute approximate surface area is 65.4 Å². The van der Waals surface area contributed by atoms with Crippen molar-refractivity contribution in [2.24, 2.45) is 0 Å². The highest BCUT2D eigenvalue weighted by Gasteiger charge is 2.03. The molecule has 0 unspecified atom stereocenters. The maximum atomic E-state index is 9.96. The van der Waals surface area contributed by atoms with E-state index in [0.29, 0.717) is 5.75 Å². The molecule has 6 heteroatoms. The monoisotopic (exact) mass is 187 g/mol. The molecule has 9 heavy (non-hydrogen) atoms. The number of hydrogen-bond acceptors (Lipinski definition) is 5. The molecule has 0 bridgehead atoms. The van der Waals surface area contributed by atoms with Crippen LogP contribution in [0.4, 0.5) is 0 Å². The predicted molar refractivity (Wildman–Crippen MR) is 41.2 cm³/mol. The van der Waals surface area contributed by atoms with E-state index in [1.165, 1.54) is 0 Å². The van der Waals surface area contributed by atoms with E-state index >= 15 is 0 Å². The molecule has 0 aliphatic carbocycles. The van der Waals surface area contributed by atoms with Crippen molar-refractivity contribution in [3.05, 3.63) is 0 Å². The van der Waals surface area contributed by atoms with Gasteiger partial charge in [-0.3, -0.25) is 0 Å². The molecule has 0 N–H and O–H groups in total. The van der Waals surface area contributed by atoms with E-state index < -0.39 is 21.1 Å². The minimum Gasteiger partial charge on any atom is -0.748 e. The van der Waals surface area contributed by atoms with Crippen molar-refractivity contribution in [1.29, 1.82) is 0 Å². The highest BCUT2D eigenvalue weighted by atomic mass is 32.2. The van der Waals surface area contributed by atoms with Crippen LogP contribution in [0.2, 0.25) is 0 Å². The van der Waals surface area contributed by atoms with Crippen molar-refractivity contribution in [2.75, 3.05) is 11.5 Å². The summed E-state index contributed by atoms with van der Waals surface area (Å²) in [5.74, 6) is -0.149. The van der Waals surface area contributed by atoms with Crippen molar-refractivity contribution >= 4 is 35.4 Å². The van der Waals surface area contributed by atoms with E-state index in [1.807, 2.05) is 0 Å². The molecule has 0 aromatic rings. The van der Waals surface area contributed by atoms with Crippen LogP contribution in [0.3, 0.4) is 0 Å². The van der Waals surface area contributed by atoms with Gasteiger partial charge < -0.3 is 4.55 Å². The summed E-state index contributed by atoms with van der Waals surface area (Å²) in [6.45, 7) is 0. The van der Waals surface area contributed by atoms with Gasteiger partial charge in [0.25, 0.3) is 0 Å². The normalized spacial score (nSPS) is 15.4. The second kappa shape index (κ2) is 3.70. The molecule has 0 saturated carbocycles. The van der Waals surface area contributed by atoms with Crippen LogP contribution in [0.25, 0.3) is 0 Å². The second-order valence-electron chi connectivity index (χ2n) is 1.56. The van der Waals surface area contributed by atoms with Gasteiger partial charge in [-0.1, -0.05) is 0 Å². The topological polar surface area (TPSA) is 57.2 Å². The van der Waals surface area contributed by atoms with Gasteiger partial charge in [0.2, 0.25) is 0 Å². The summed E-state index contributed by atoms with van der Waals surface area (Å²) in [5.41, 5.74) is 0. The summed E-state index contributed by atoms with van der Waals surface area (Å²) in [4.78, 5) is 0. The van der Waals surface area contributed by atoms with E-state index in [9.17, 15) is 13.0 Å². The molecular weight excluding hydrogens is 180 g/mol. The average Bonchev–Trinajstić information content (AvgIpc) is 1.62. The van der Waals surface area contributed by atoms with E-state index in [1.54, 1.807) is 0 Å². The lowest BCUT2D eigenvalue weighted by Crippen LogP contribution is -2.16. The highest BCUT2D eigenvalue weighted by molar-refractivity contribution is 7.89. The first kappa shape index (κ1) is 9.61. The van der Waals surface area contributed by atoms with E-state index in [-0.39, 0.29) is 0 Å². The molecule has 0 aliphatic heterocycles. The van der Waals surface area contributed by atoms with Crippen molar-refractivity contribution in [1.82, 2.24) is 0 Å². The third kappa shape index (κ3) is 6.50. The van der Waals surface area contributed by atoms with Gasteiger partial charge in [0.1, 0.15) is 0 Å². The number of thiol groups is 2. The zero-order valence-corrected chi connectivity index (χ0v) is 7.12. The molecule has 0 heterocycles. The van der Waals surface area contributed by atoms with Crippen LogP contribution in [-0.2, 0) is 10.1 Å². The van der Waals surface area contributed by atoms with Gasteiger partial charge in [0.05, 0.1) is 15.9 Å². The van der Waals surface area contributed by atoms with Crippen LogP contribution < -0.4 is 0 Å². The predicted octanol–water partition coefficient (Wildman–Crippen LogP) is -0.240. The van der Waals surface area contributed by atoms with Crippen molar-refractivity contribution in [3.63, 3.8) is 0 Å². The molecule has 1 atom stereocenters. The van der Waals surface area contributed by atoms with Crippen molar-refractivity contribution in [3.8, 4) is 0 Å². The maximum Gasteiger partial charge on any atom is 0.0957 e. The first-order valence-electron chi connectivity index (χ1n) is 2.18. The Hall–Kier alpha value is 0.610. The summed E-state index contributed by atoms with van der Waals surface area (Å²) >= 11 is 7.52. The van der Waals surface area contributed by atoms with E-state index in [2.05, 4.69) is 25.3 Å². The van der Waals surface area contributed by atoms with Crippen LogP contribution in [0.5, 0.6) is 0 Å². The molecule has 0 radical (unpaired) electrons. The number of rotatable bonds is 3. The molecule has 0 amide bonds. The molecule has 0 rings (SSSR count). The molecule has 56 valence electrons. The lowest BCUT2D eigenvalue weighted by Gasteiger charge is -2.09. The van der Waals surface area contributed by atoms with Gasteiger partial charge in [0, 0.05) is 11.0 Å². The summed E-state index contributed by atoms with van der Waals surface area (Å²) in [7, 11) is -4.11. The fourth-order valence-corrected chi connectivity index (χ4v) is 1.73. The third-order valence-corrected chi connectivity index (χ3v) is 2.76. The Morgan fingerprint density at radius 3 is 2.11 bits per heavy atom. The summed E-state index contributed by atoms with van der Waals surface area (Å²) < 4.78 is 29.9. The van der Waals surface area contributed by atoms with Gasteiger partial charge >= 0.3 is 0 Å². The van der Waals surface area contributed by atoms with Crippen molar-refractivity contribution in [2.45, 2.75) is 5.25 Å². The molecule has 0 aromatic carbocycles. The standard InChI is InChI=1S/C3H8O3S3/c4-9(5,6)2-3(8)1-7/h3,7-8H,1-2H2,(H,4,5,6)/p-1/t3-/m1/s1. The third-order valence-electron chi connectivity index (χ3n) is 0.607. The largest absolute Gasteiger partial charge is 0.748 e. The molecule has 0 aliphatic rings. The quantitative estimate of drug-likeness (QED) is 0.473. The lowest BCUT2D eigenvalue weighted by atomic mass is 10.6. The van der Waals surface area contributed by atoms with Crippen molar-refractivity contribution < 1.29 is 13.0 Å². The minimum atomic E-state index is -4.11. The van der Waals surface area contributed by atoms with Crippen LogP contribution >= 0.6 is 25.3 Å². The Morgan fingerprint density at radius 2 is 2.00 bits per heavy atom.